The zero-order chi connectivity index (χ0) is 27.4. The van der Waals surface area contributed by atoms with Crippen LogP contribution in [-0.2, 0) is 40.5 Å². The topological polar surface area (TPSA) is 169 Å². The van der Waals surface area contributed by atoms with Crippen LogP contribution in [0, 0.1) is 0 Å². The number of hydrogen-bond donors (Lipinski definition) is 3. The van der Waals surface area contributed by atoms with E-state index in [0.717, 1.165) is 11.1 Å². The number of likely N-dealkylation sites (tertiary alicyclic amines) is 1. The molecule has 12 heteroatoms. The van der Waals surface area contributed by atoms with Crippen molar-refractivity contribution < 1.29 is 53.4 Å². The Bertz CT molecular complexity index is 1240. The maximum atomic E-state index is 12.7. The lowest BCUT2D eigenvalue weighted by molar-refractivity contribution is -0.171. The number of carbonyl (C=O) groups is 4. The first-order valence-electron chi connectivity index (χ1n) is 12.4. The van der Waals surface area contributed by atoms with Gasteiger partial charge in [0.15, 0.2) is 17.6 Å². The van der Waals surface area contributed by atoms with E-state index in [9.17, 15) is 24.3 Å². The highest BCUT2D eigenvalue weighted by Crippen LogP contribution is 2.65. The minimum absolute atomic E-state index is 0.162. The van der Waals surface area contributed by atoms with Gasteiger partial charge >= 0.3 is 23.9 Å². The number of carboxylic acid groups (broad SMARTS) is 2. The Kier molecular flexibility index (Phi) is 6.35. The van der Waals surface area contributed by atoms with Crippen LogP contribution in [0.4, 0.5) is 0 Å². The quantitative estimate of drug-likeness (QED) is 0.383. The van der Waals surface area contributed by atoms with Gasteiger partial charge in [-0.1, -0.05) is 6.07 Å². The summed E-state index contributed by atoms with van der Waals surface area (Å²) in [7, 11) is 3.52. The molecule has 2 unspecified atom stereocenters. The Morgan fingerprint density at radius 2 is 1.92 bits per heavy atom. The molecular formula is C26H29NO11. The Morgan fingerprint density at radius 1 is 1.18 bits per heavy atom. The third-order valence-corrected chi connectivity index (χ3v) is 8.23. The van der Waals surface area contributed by atoms with Gasteiger partial charge < -0.3 is 39.2 Å². The molecule has 2 aliphatic carbocycles. The molecular weight excluding hydrogens is 502 g/mol. The highest BCUT2D eigenvalue weighted by Gasteiger charge is 2.72. The number of rotatable bonds is 9. The lowest BCUT2D eigenvalue weighted by Crippen LogP contribution is -2.74. The van der Waals surface area contributed by atoms with Crippen molar-refractivity contribution in [3.05, 3.63) is 35.1 Å². The minimum atomic E-state index is -1.85. The number of carboxylic acids is 2. The summed E-state index contributed by atoms with van der Waals surface area (Å²) in [5.74, 6) is -3.56. The molecule has 38 heavy (non-hydrogen) atoms. The SMILES string of the molecule is COc1ccc2c3c1OC1C(OC(=O)CCC(=O)O[C@@H](CC(=O)O)C(=O)O)=CC[C@@]4(O)[C@@H](C2)N(C)CCC314. The second kappa shape index (κ2) is 9.28. The molecule has 1 fully saturated rings. The van der Waals surface area contributed by atoms with Gasteiger partial charge in [-0.15, -0.1) is 0 Å². The van der Waals surface area contributed by atoms with E-state index in [0.29, 0.717) is 30.9 Å². The Morgan fingerprint density at radius 3 is 2.61 bits per heavy atom. The normalized spacial score (nSPS) is 29.3. The van der Waals surface area contributed by atoms with Crippen LogP contribution in [0.3, 0.4) is 0 Å². The fourth-order valence-corrected chi connectivity index (χ4v) is 6.53. The van der Waals surface area contributed by atoms with Gasteiger partial charge in [-0.2, -0.15) is 0 Å². The molecule has 0 aromatic heterocycles. The third kappa shape index (κ3) is 3.81. The molecule has 5 atom stereocenters. The average Bonchev–Trinajstić information content (AvgIpc) is 3.21. The Labute approximate surface area is 217 Å². The van der Waals surface area contributed by atoms with Crippen molar-refractivity contribution in [1.29, 1.82) is 0 Å². The molecule has 3 N–H and O–H groups in total. The molecule has 0 radical (unpaired) electrons. The van der Waals surface area contributed by atoms with E-state index in [-0.39, 0.29) is 18.2 Å². The van der Waals surface area contributed by atoms with Crippen LogP contribution in [0.25, 0.3) is 0 Å². The van der Waals surface area contributed by atoms with Gasteiger partial charge in [0.25, 0.3) is 0 Å². The maximum absolute atomic E-state index is 12.7. The minimum Gasteiger partial charge on any atom is -0.493 e. The first-order chi connectivity index (χ1) is 18.0. The molecule has 2 bridgehead atoms. The predicted molar refractivity (Wildman–Crippen MR) is 127 cm³/mol. The van der Waals surface area contributed by atoms with Crippen LogP contribution < -0.4 is 9.47 Å². The summed E-state index contributed by atoms with van der Waals surface area (Å²) < 4.78 is 22.3. The number of aliphatic carboxylic acids is 2. The van der Waals surface area contributed by atoms with Crippen molar-refractivity contribution in [1.82, 2.24) is 4.90 Å². The number of hydrogen-bond acceptors (Lipinski definition) is 10. The van der Waals surface area contributed by atoms with Crippen molar-refractivity contribution in [2.45, 2.75) is 67.8 Å². The zero-order valence-corrected chi connectivity index (χ0v) is 21.0. The number of likely N-dealkylation sites (N-methyl/N-ethyl adjacent to an activating group) is 1. The molecule has 2 heterocycles. The van der Waals surface area contributed by atoms with Gasteiger partial charge in [0, 0.05) is 18.0 Å². The fraction of sp³-hybridized carbons (Fsp3) is 0.538. The van der Waals surface area contributed by atoms with Crippen molar-refractivity contribution >= 4 is 23.9 Å². The molecule has 4 aliphatic rings. The lowest BCUT2D eigenvalue weighted by atomic mass is 9.50. The van der Waals surface area contributed by atoms with Gasteiger partial charge in [0.05, 0.1) is 37.4 Å². The third-order valence-electron chi connectivity index (χ3n) is 8.23. The summed E-state index contributed by atoms with van der Waals surface area (Å²) in [4.78, 5) is 48.8. The Hall–Kier alpha value is -3.64. The molecule has 0 amide bonds. The second-order valence-corrected chi connectivity index (χ2v) is 10.2. The highest BCUT2D eigenvalue weighted by atomic mass is 16.6. The van der Waals surface area contributed by atoms with Crippen LogP contribution in [0.1, 0.15) is 43.2 Å². The molecule has 204 valence electrons. The fourth-order valence-electron chi connectivity index (χ4n) is 6.53. The summed E-state index contributed by atoms with van der Waals surface area (Å²) in [6, 6.07) is 3.66. The second-order valence-electron chi connectivity index (χ2n) is 10.2. The van der Waals surface area contributed by atoms with Crippen molar-refractivity contribution in [3.63, 3.8) is 0 Å². The lowest BCUT2D eigenvalue weighted by Gasteiger charge is -2.61. The Balaban J connectivity index is 1.35. The largest absolute Gasteiger partial charge is 0.493 e. The summed E-state index contributed by atoms with van der Waals surface area (Å²) in [6.45, 7) is 0.705. The number of nitrogens with zero attached hydrogens (tertiary/aromatic N) is 1. The molecule has 1 saturated heterocycles. The van der Waals surface area contributed by atoms with Crippen LogP contribution in [0.15, 0.2) is 24.0 Å². The molecule has 1 spiro atoms. The maximum Gasteiger partial charge on any atom is 0.345 e. The number of piperidine rings is 1. The summed E-state index contributed by atoms with van der Waals surface area (Å²) in [5.41, 5.74) is -0.0761. The van der Waals surface area contributed by atoms with E-state index in [2.05, 4.69) is 4.90 Å². The first-order valence-corrected chi connectivity index (χ1v) is 12.4. The standard InChI is InChI=1S/C26H29NO11/c1-27-10-9-25-21-13-3-4-14(35-2)22(21)38-23(25)15(7-8-26(25,34)17(27)11-13)36-19(30)5-6-20(31)37-16(24(32)33)12-18(28)29/h3-4,7,16-17,23,34H,5-6,8-12H2,1-2H3,(H,28,29)(H,32,33)/t16-,17+,23?,25?,26+/m0/s1. The van der Waals surface area contributed by atoms with Gasteiger partial charge in [-0.3, -0.25) is 14.4 Å². The molecule has 1 aromatic carbocycles. The van der Waals surface area contributed by atoms with E-state index in [1.165, 1.54) is 7.11 Å². The van der Waals surface area contributed by atoms with Crippen molar-refractivity contribution in [2.75, 3.05) is 20.7 Å². The molecule has 12 nitrogen and oxygen atoms in total. The summed E-state index contributed by atoms with van der Waals surface area (Å²) >= 11 is 0. The molecule has 5 rings (SSSR count). The molecule has 2 aliphatic heterocycles. The van der Waals surface area contributed by atoms with E-state index < -0.39 is 66.4 Å². The number of aliphatic hydroxyl groups is 1. The van der Waals surface area contributed by atoms with Crippen LogP contribution in [0.5, 0.6) is 11.5 Å². The van der Waals surface area contributed by atoms with E-state index in [4.69, 9.17) is 29.2 Å². The first kappa shape index (κ1) is 26.0. The molecule has 1 aromatic rings. The van der Waals surface area contributed by atoms with Crippen LogP contribution >= 0.6 is 0 Å². The van der Waals surface area contributed by atoms with Crippen molar-refractivity contribution in [3.8, 4) is 11.5 Å². The molecule has 0 saturated carbocycles. The van der Waals surface area contributed by atoms with E-state index >= 15 is 0 Å². The predicted octanol–water partition coefficient (Wildman–Crippen LogP) is 0.767. The van der Waals surface area contributed by atoms with Gasteiger partial charge in [0.2, 0.25) is 6.10 Å². The smallest absolute Gasteiger partial charge is 0.345 e. The number of ether oxygens (including phenoxy) is 4. The summed E-state index contributed by atoms with van der Waals surface area (Å²) in [5, 5.41) is 30.0. The number of esters is 2. The number of methoxy groups -OCH3 is 1. The van der Waals surface area contributed by atoms with E-state index in [1.807, 2.05) is 19.2 Å². The van der Waals surface area contributed by atoms with Gasteiger partial charge in [0.1, 0.15) is 5.76 Å². The zero-order valence-electron chi connectivity index (χ0n) is 21.0. The average molecular weight is 532 g/mol. The van der Waals surface area contributed by atoms with Crippen molar-refractivity contribution in [2.24, 2.45) is 0 Å². The van der Waals surface area contributed by atoms with Gasteiger partial charge in [-0.05, 0) is 44.1 Å². The van der Waals surface area contributed by atoms with Crippen LogP contribution in [0.2, 0.25) is 0 Å². The monoisotopic (exact) mass is 531 g/mol. The summed E-state index contributed by atoms with van der Waals surface area (Å²) in [6.07, 6.45) is -1.37. The van der Waals surface area contributed by atoms with Gasteiger partial charge in [-0.25, -0.2) is 4.79 Å². The van der Waals surface area contributed by atoms with E-state index in [1.54, 1.807) is 6.08 Å². The number of benzene rings is 1. The highest BCUT2D eigenvalue weighted by molar-refractivity contribution is 5.84. The number of carbonyl (C=O) groups excluding carboxylic acids is 2. The van der Waals surface area contributed by atoms with Crippen LogP contribution in [-0.4, -0.2) is 88.6 Å².